The van der Waals surface area contributed by atoms with Crippen molar-refractivity contribution in [2.75, 3.05) is 0 Å². The van der Waals surface area contributed by atoms with Gasteiger partial charge in [0.05, 0.1) is 0 Å². The van der Waals surface area contributed by atoms with Gasteiger partial charge in [-0.25, -0.2) is 4.39 Å². The van der Waals surface area contributed by atoms with Crippen LogP contribution in [0.4, 0.5) is 4.39 Å². The molecule has 0 aromatic rings. The van der Waals surface area contributed by atoms with Crippen molar-refractivity contribution in [3.8, 4) is 0 Å². The van der Waals surface area contributed by atoms with E-state index < -0.39 is 5.83 Å². The average molecular weight is 112 g/mol. The third kappa shape index (κ3) is 5.15. The van der Waals surface area contributed by atoms with Gasteiger partial charge in [-0.15, -0.1) is 6.58 Å². The third-order valence-corrected chi connectivity index (χ3v) is 0.601. The highest BCUT2D eigenvalue weighted by atomic mass is 19.1. The third-order valence-electron chi connectivity index (χ3n) is 0.601. The summed E-state index contributed by atoms with van der Waals surface area (Å²) in [7, 11) is 0. The van der Waals surface area contributed by atoms with Crippen molar-refractivity contribution in [2.45, 2.75) is 6.42 Å². The van der Waals surface area contributed by atoms with Crippen molar-refractivity contribution >= 4 is 0 Å². The maximum atomic E-state index is 11.7. The minimum absolute atomic E-state index is 0.410. The maximum absolute atomic E-state index is 11.7. The van der Waals surface area contributed by atoms with Crippen molar-refractivity contribution in [3.05, 3.63) is 37.2 Å². The fraction of sp³-hybridized carbons (Fsp3) is 0.143. The molecule has 0 aliphatic rings. The lowest BCUT2D eigenvalue weighted by Gasteiger charge is -1.77. The van der Waals surface area contributed by atoms with Gasteiger partial charge in [0, 0.05) is 0 Å². The smallest absolute Gasteiger partial charge is 0.115 e. The summed E-state index contributed by atoms with van der Waals surface area (Å²) in [6, 6.07) is 0. The average Bonchev–Trinajstić information content (AvgIpc) is 1.66. The molecule has 0 saturated heterocycles. The highest BCUT2D eigenvalue weighted by Gasteiger charge is 1.74. The van der Waals surface area contributed by atoms with E-state index in [0.717, 1.165) is 0 Å². The molecule has 0 heterocycles. The van der Waals surface area contributed by atoms with Crippen LogP contribution in [0, 0.1) is 0 Å². The zero-order valence-corrected chi connectivity index (χ0v) is 4.73. The fourth-order valence-corrected chi connectivity index (χ4v) is 0.292. The lowest BCUT2D eigenvalue weighted by atomic mass is 10.4. The first kappa shape index (κ1) is 7.15. The second-order valence-electron chi connectivity index (χ2n) is 1.37. The Morgan fingerprint density at radius 1 is 1.62 bits per heavy atom. The van der Waals surface area contributed by atoms with Crippen LogP contribution in [-0.2, 0) is 0 Å². The van der Waals surface area contributed by atoms with Crippen molar-refractivity contribution < 1.29 is 4.39 Å². The first-order valence-corrected chi connectivity index (χ1v) is 2.39. The monoisotopic (exact) mass is 112 g/mol. The second kappa shape index (κ2) is 4.31. The van der Waals surface area contributed by atoms with Crippen molar-refractivity contribution in [2.24, 2.45) is 0 Å². The highest BCUT2D eigenvalue weighted by Crippen LogP contribution is 1.93. The van der Waals surface area contributed by atoms with Gasteiger partial charge in [-0.1, -0.05) is 18.7 Å². The quantitative estimate of drug-likeness (QED) is 0.389. The van der Waals surface area contributed by atoms with E-state index in [-0.39, 0.29) is 0 Å². The molecule has 0 amide bonds. The van der Waals surface area contributed by atoms with Crippen molar-refractivity contribution in [1.29, 1.82) is 0 Å². The SMILES string of the molecule is C=CCC=CC(=C)F. The van der Waals surface area contributed by atoms with Crippen LogP contribution in [0.2, 0.25) is 0 Å². The Morgan fingerprint density at radius 2 is 2.25 bits per heavy atom. The molecule has 0 atom stereocenters. The summed E-state index contributed by atoms with van der Waals surface area (Å²) < 4.78 is 11.7. The Hall–Kier alpha value is -0.850. The minimum Gasteiger partial charge on any atom is -0.208 e. The number of halogens is 1. The molecule has 0 aliphatic heterocycles. The molecular formula is C7H9F. The zero-order chi connectivity index (χ0) is 6.41. The summed E-state index contributed by atoms with van der Waals surface area (Å²) in [5.74, 6) is -0.410. The van der Waals surface area contributed by atoms with E-state index in [4.69, 9.17) is 0 Å². The van der Waals surface area contributed by atoms with Gasteiger partial charge in [-0.3, -0.25) is 0 Å². The van der Waals surface area contributed by atoms with Gasteiger partial charge in [0.2, 0.25) is 0 Å². The molecule has 0 radical (unpaired) electrons. The predicted molar refractivity (Wildman–Crippen MR) is 34.2 cm³/mol. The molecule has 1 heteroatoms. The topological polar surface area (TPSA) is 0 Å². The number of allylic oxidation sites excluding steroid dienone is 4. The molecule has 0 rings (SSSR count). The number of hydrogen-bond donors (Lipinski definition) is 0. The minimum atomic E-state index is -0.410. The van der Waals surface area contributed by atoms with Crippen LogP contribution >= 0.6 is 0 Å². The van der Waals surface area contributed by atoms with Gasteiger partial charge in [0.15, 0.2) is 0 Å². The van der Waals surface area contributed by atoms with Crippen LogP contribution in [0.1, 0.15) is 6.42 Å². The highest BCUT2D eigenvalue weighted by molar-refractivity contribution is 5.06. The van der Waals surface area contributed by atoms with Gasteiger partial charge in [0.25, 0.3) is 0 Å². The maximum Gasteiger partial charge on any atom is 0.115 e. The van der Waals surface area contributed by atoms with E-state index in [0.29, 0.717) is 6.42 Å². The molecule has 44 valence electrons. The van der Waals surface area contributed by atoms with Crippen LogP contribution in [0.5, 0.6) is 0 Å². The summed E-state index contributed by atoms with van der Waals surface area (Å²) in [6.45, 7) is 6.49. The Kier molecular flexibility index (Phi) is 3.85. The zero-order valence-electron chi connectivity index (χ0n) is 4.73. The predicted octanol–water partition coefficient (Wildman–Crippen LogP) is 2.60. The van der Waals surface area contributed by atoms with E-state index in [1.54, 1.807) is 12.2 Å². The molecule has 0 aromatic heterocycles. The fourth-order valence-electron chi connectivity index (χ4n) is 0.292. The Balaban J connectivity index is 3.34. The van der Waals surface area contributed by atoms with Gasteiger partial charge < -0.3 is 0 Å². The first-order valence-electron chi connectivity index (χ1n) is 2.39. The van der Waals surface area contributed by atoms with Crippen LogP contribution in [0.25, 0.3) is 0 Å². The standard InChI is InChI=1S/C7H9F/c1-3-4-5-6-7(2)8/h3,5-6H,1-2,4H2. The molecule has 0 spiro atoms. The lowest BCUT2D eigenvalue weighted by molar-refractivity contribution is 0.671. The molecule has 0 aromatic carbocycles. The molecule has 8 heavy (non-hydrogen) atoms. The van der Waals surface area contributed by atoms with E-state index in [1.807, 2.05) is 0 Å². The van der Waals surface area contributed by atoms with E-state index in [2.05, 4.69) is 13.2 Å². The molecule has 0 fully saturated rings. The Labute approximate surface area is 49.0 Å². The van der Waals surface area contributed by atoms with E-state index in [1.165, 1.54) is 6.08 Å². The van der Waals surface area contributed by atoms with E-state index in [9.17, 15) is 4.39 Å². The van der Waals surface area contributed by atoms with Crippen LogP contribution < -0.4 is 0 Å². The molecule has 0 nitrogen and oxygen atoms in total. The normalized spacial score (nSPS) is 9.62. The summed E-state index contributed by atoms with van der Waals surface area (Å²) in [5, 5.41) is 0. The molecular weight excluding hydrogens is 103 g/mol. The largest absolute Gasteiger partial charge is 0.208 e. The number of rotatable bonds is 3. The lowest BCUT2D eigenvalue weighted by Crippen LogP contribution is -1.57. The molecule has 0 N–H and O–H groups in total. The summed E-state index contributed by atoms with van der Waals surface area (Å²) in [6.07, 6.45) is 5.37. The summed E-state index contributed by atoms with van der Waals surface area (Å²) >= 11 is 0. The molecule has 0 unspecified atom stereocenters. The molecule has 0 saturated carbocycles. The van der Waals surface area contributed by atoms with Gasteiger partial charge in [-0.2, -0.15) is 0 Å². The number of hydrogen-bond acceptors (Lipinski definition) is 0. The molecule has 0 bridgehead atoms. The van der Waals surface area contributed by atoms with Crippen molar-refractivity contribution in [1.82, 2.24) is 0 Å². The Morgan fingerprint density at radius 3 is 2.62 bits per heavy atom. The van der Waals surface area contributed by atoms with Gasteiger partial charge in [-0.05, 0) is 12.5 Å². The van der Waals surface area contributed by atoms with Crippen molar-refractivity contribution in [3.63, 3.8) is 0 Å². The van der Waals surface area contributed by atoms with Gasteiger partial charge >= 0.3 is 0 Å². The first-order chi connectivity index (χ1) is 3.77. The van der Waals surface area contributed by atoms with Gasteiger partial charge in [0.1, 0.15) is 5.83 Å². The summed E-state index contributed by atoms with van der Waals surface area (Å²) in [4.78, 5) is 0. The summed E-state index contributed by atoms with van der Waals surface area (Å²) in [5.41, 5.74) is 0. The van der Waals surface area contributed by atoms with Crippen LogP contribution in [0.3, 0.4) is 0 Å². The van der Waals surface area contributed by atoms with Crippen LogP contribution in [-0.4, -0.2) is 0 Å². The van der Waals surface area contributed by atoms with Crippen LogP contribution in [0.15, 0.2) is 37.2 Å². The molecule has 0 aliphatic carbocycles. The van der Waals surface area contributed by atoms with E-state index >= 15 is 0 Å². The Bertz CT molecular complexity index is 112. The second-order valence-corrected chi connectivity index (χ2v) is 1.37.